The van der Waals surface area contributed by atoms with Crippen LogP contribution in [0.3, 0.4) is 0 Å². The van der Waals surface area contributed by atoms with Crippen LogP contribution >= 0.6 is 0 Å². The number of aryl methyl sites for hydroxylation is 2. The Kier molecular flexibility index (Phi) is 3.11. The molecule has 0 bridgehead atoms. The van der Waals surface area contributed by atoms with Gasteiger partial charge in [0.15, 0.2) is 0 Å². The number of aromatic nitrogens is 3. The van der Waals surface area contributed by atoms with E-state index >= 15 is 0 Å². The molecule has 4 rings (SSSR count). The van der Waals surface area contributed by atoms with Crippen molar-refractivity contribution < 1.29 is 4.79 Å². The van der Waals surface area contributed by atoms with Gasteiger partial charge in [-0.15, -0.1) is 0 Å². The summed E-state index contributed by atoms with van der Waals surface area (Å²) in [5.74, 6) is -0.217. The Morgan fingerprint density at radius 2 is 2.09 bits per heavy atom. The standard InChI is InChI=1S/C17H16N4O/c22-17(16-7-8-18-10-19-16)20-11-5-6-15-13(9-11)12-3-1-2-4-14(12)21-15/h5-10,21H,1-4H2,(H,20,22). The van der Waals surface area contributed by atoms with Crippen LogP contribution in [0.4, 0.5) is 5.69 Å². The first-order valence-electron chi connectivity index (χ1n) is 7.52. The second kappa shape index (κ2) is 5.26. The van der Waals surface area contributed by atoms with Crippen LogP contribution in [0, 0.1) is 0 Å². The number of aromatic amines is 1. The summed E-state index contributed by atoms with van der Waals surface area (Å²) >= 11 is 0. The lowest BCUT2D eigenvalue weighted by molar-refractivity contribution is 0.102. The van der Waals surface area contributed by atoms with Gasteiger partial charge in [-0.05, 0) is 55.5 Å². The number of nitrogens with zero attached hydrogens (tertiary/aromatic N) is 2. The van der Waals surface area contributed by atoms with Crippen LogP contribution < -0.4 is 5.32 Å². The van der Waals surface area contributed by atoms with Gasteiger partial charge in [-0.1, -0.05) is 0 Å². The quantitative estimate of drug-likeness (QED) is 0.762. The van der Waals surface area contributed by atoms with E-state index in [1.807, 2.05) is 12.1 Å². The van der Waals surface area contributed by atoms with E-state index in [-0.39, 0.29) is 5.91 Å². The highest BCUT2D eigenvalue weighted by Crippen LogP contribution is 2.30. The Morgan fingerprint density at radius 1 is 1.18 bits per heavy atom. The molecule has 0 unspecified atom stereocenters. The van der Waals surface area contributed by atoms with Gasteiger partial charge in [0.2, 0.25) is 0 Å². The van der Waals surface area contributed by atoms with Crippen molar-refractivity contribution in [2.45, 2.75) is 25.7 Å². The number of H-pyrrole nitrogens is 1. The van der Waals surface area contributed by atoms with Crippen molar-refractivity contribution >= 4 is 22.5 Å². The number of rotatable bonds is 2. The zero-order valence-electron chi connectivity index (χ0n) is 12.1. The SMILES string of the molecule is O=C(Nc1ccc2[nH]c3c(c2c1)CCCC3)c1ccncn1. The van der Waals surface area contributed by atoms with Crippen molar-refractivity contribution in [3.8, 4) is 0 Å². The highest BCUT2D eigenvalue weighted by atomic mass is 16.1. The maximum atomic E-state index is 12.2. The molecule has 2 aromatic heterocycles. The Balaban J connectivity index is 1.66. The minimum atomic E-state index is -0.217. The number of carbonyl (C=O) groups is 1. The zero-order valence-corrected chi connectivity index (χ0v) is 12.1. The molecule has 0 saturated heterocycles. The summed E-state index contributed by atoms with van der Waals surface area (Å²) in [5, 5.41) is 4.12. The van der Waals surface area contributed by atoms with Crippen LogP contribution in [0.2, 0.25) is 0 Å². The first kappa shape index (κ1) is 13.0. The largest absolute Gasteiger partial charge is 0.358 e. The number of anilines is 1. The zero-order chi connectivity index (χ0) is 14.9. The highest BCUT2D eigenvalue weighted by molar-refractivity contribution is 6.04. The number of carbonyl (C=O) groups excluding carboxylic acids is 1. The van der Waals surface area contributed by atoms with E-state index in [9.17, 15) is 4.79 Å². The van der Waals surface area contributed by atoms with Gasteiger partial charge < -0.3 is 10.3 Å². The van der Waals surface area contributed by atoms with E-state index in [1.54, 1.807) is 12.3 Å². The van der Waals surface area contributed by atoms with Crippen LogP contribution in [0.5, 0.6) is 0 Å². The fourth-order valence-electron chi connectivity index (χ4n) is 3.10. The number of nitrogens with one attached hydrogen (secondary N) is 2. The molecule has 0 aliphatic heterocycles. The average molecular weight is 292 g/mol. The Morgan fingerprint density at radius 3 is 2.95 bits per heavy atom. The van der Waals surface area contributed by atoms with Crippen molar-refractivity contribution in [3.05, 3.63) is 53.7 Å². The van der Waals surface area contributed by atoms with Gasteiger partial charge in [0, 0.05) is 28.5 Å². The van der Waals surface area contributed by atoms with Crippen molar-refractivity contribution in [1.82, 2.24) is 15.0 Å². The van der Waals surface area contributed by atoms with E-state index in [4.69, 9.17) is 0 Å². The third-order valence-corrected chi connectivity index (χ3v) is 4.17. The molecule has 22 heavy (non-hydrogen) atoms. The molecule has 5 heteroatoms. The molecule has 1 amide bonds. The maximum absolute atomic E-state index is 12.2. The van der Waals surface area contributed by atoms with E-state index < -0.39 is 0 Å². The lowest BCUT2D eigenvalue weighted by Crippen LogP contribution is -2.13. The minimum Gasteiger partial charge on any atom is -0.358 e. The average Bonchev–Trinajstić information content (AvgIpc) is 2.94. The van der Waals surface area contributed by atoms with E-state index in [1.165, 1.54) is 35.8 Å². The van der Waals surface area contributed by atoms with Crippen molar-refractivity contribution in [2.75, 3.05) is 5.32 Å². The highest BCUT2D eigenvalue weighted by Gasteiger charge is 2.16. The molecule has 3 aromatic rings. The first-order chi connectivity index (χ1) is 10.8. The van der Waals surface area contributed by atoms with Crippen LogP contribution in [-0.4, -0.2) is 20.9 Å². The molecule has 0 radical (unpaired) electrons. The molecule has 110 valence electrons. The number of benzene rings is 1. The molecular weight excluding hydrogens is 276 g/mol. The van der Waals surface area contributed by atoms with Gasteiger partial charge in [0.1, 0.15) is 12.0 Å². The molecule has 0 fully saturated rings. The second-order valence-corrected chi connectivity index (χ2v) is 5.60. The van der Waals surface area contributed by atoms with Crippen molar-refractivity contribution in [2.24, 2.45) is 0 Å². The molecule has 0 spiro atoms. The summed E-state index contributed by atoms with van der Waals surface area (Å²) in [4.78, 5) is 23.5. The Labute approximate surface area is 127 Å². The number of fused-ring (bicyclic) bond motifs is 3. The molecule has 1 aromatic carbocycles. The summed E-state index contributed by atoms with van der Waals surface area (Å²) in [6.45, 7) is 0. The Hall–Kier alpha value is -2.69. The molecule has 1 aliphatic rings. The molecule has 1 aliphatic carbocycles. The van der Waals surface area contributed by atoms with Crippen molar-refractivity contribution in [1.29, 1.82) is 0 Å². The van der Waals surface area contributed by atoms with Crippen LogP contribution in [0.15, 0.2) is 36.8 Å². The second-order valence-electron chi connectivity index (χ2n) is 5.60. The lowest BCUT2D eigenvalue weighted by Gasteiger charge is -2.10. The molecular formula is C17H16N4O. The predicted octanol–water partition coefficient (Wildman–Crippen LogP) is 3.09. The van der Waals surface area contributed by atoms with Crippen molar-refractivity contribution in [3.63, 3.8) is 0 Å². The van der Waals surface area contributed by atoms with Crippen LogP contribution in [0.25, 0.3) is 10.9 Å². The fraction of sp³-hybridized carbons (Fsp3) is 0.235. The third kappa shape index (κ3) is 2.24. The van der Waals surface area contributed by atoms with Gasteiger partial charge in [-0.3, -0.25) is 4.79 Å². The molecule has 2 heterocycles. The normalized spacial score (nSPS) is 13.8. The van der Waals surface area contributed by atoms with Gasteiger partial charge in [-0.25, -0.2) is 9.97 Å². The van der Waals surface area contributed by atoms with E-state index in [0.717, 1.165) is 24.0 Å². The smallest absolute Gasteiger partial charge is 0.274 e. The summed E-state index contributed by atoms with van der Waals surface area (Å²) in [7, 11) is 0. The number of amides is 1. The topological polar surface area (TPSA) is 70.7 Å². The van der Waals surface area contributed by atoms with E-state index in [0.29, 0.717) is 5.69 Å². The summed E-state index contributed by atoms with van der Waals surface area (Å²) in [6, 6.07) is 7.60. The minimum absolute atomic E-state index is 0.217. The lowest BCUT2D eigenvalue weighted by atomic mass is 9.95. The van der Waals surface area contributed by atoms with Gasteiger partial charge in [0.25, 0.3) is 5.91 Å². The third-order valence-electron chi connectivity index (χ3n) is 4.17. The molecule has 2 N–H and O–H groups in total. The van der Waals surface area contributed by atoms with Gasteiger partial charge in [-0.2, -0.15) is 0 Å². The molecule has 5 nitrogen and oxygen atoms in total. The summed E-state index contributed by atoms with van der Waals surface area (Å²) in [5.41, 5.74) is 5.06. The predicted molar refractivity (Wildman–Crippen MR) is 84.9 cm³/mol. The van der Waals surface area contributed by atoms with Crippen LogP contribution in [-0.2, 0) is 12.8 Å². The Bertz CT molecular complexity index is 838. The summed E-state index contributed by atoms with van der Waals surface area (Å²) in [6.07, 6.45) is 7.65. The summed E-state index contributed by atoms with van der Waals surface area (Å²) < 4.78 is 0. The van der Waals surface area contributed by atoms with E-state index in [2.05, 4.69) is 26.3 Å². The van der Waals surface area contributed by atoms with Gasteiger partial charge >= 0.3 is 0 Å². The molecule has 0 saturated carbocycles. The number of hydrogen-bond acceptors (Lipinski definition) is 3. The van der Waals surface area contributed by atoms with Crippen LogP contribution in [0.1, 0.15) is 34.6 Å². The first-order valence-corrected chi connectivity index (χ1v) is 7.52. The number of hydrogen-bond donors (Lipinski definition) is 2. The monoisotopic (exact) mass is 292 g/mol. The molecule has 0 atom stereocenters. The van der Waals surface area contributed by atoms with Gasteiger partial charge in [0.05, 0.1) is 0 Å². The maximum Gasteiger partial charge on any atom is 0.274 e. The fourth-order valence-corrected chi connectivity index (χ4v) is 3.10.